The Morgan fingerprint density at radius 2 is 2.09 bits per heavy atom. The number of hydrogen-bond donors (Lipinski definition) is 1. The summed E-state index contributed by atoms with van der Waals surface area (Å²) in [5.74, 6) is 2.41. The van der Waals surface area contributed by atoms with E-state index in [1.54, 1.807) is 7.11 Å². The van der Waals surface area contributed by atoms with Gasteiger partial charge in [0.05, 0.1) is 7.11 Å². The van der Waals surface area contributed by atoms with Gasteiger partial charge in [0.1, 0.15) is 6.61 Å². The number of ether oxygens (including phenoxy) is 2. The Hall–Kier alpha value is -1.52. The summed E-state index contributed by atoms with van der Waals surface area (Å²) in [5, 5.41) is 3.58. The molecule has 0 radical (unpaired) electrons. The van der Waals surface area contributed by atoms with Gasteiger partial charge in [0.25, 0.3) is 0 Å². The number of likely N-dealkylation sites (N-methyl/N-ethyl adjacent to an activating group) is 1. The van der Waals surface area contributed by atoms with Crippen LogP contribution < -0.4 is 14.8 Å². The van der Waals surface area contributed by atoms with Crippen molar-refractivity contribution in [1.82, 2.24) is 10.2 Å². The number of nitrogens with zero attached hydrogens (tertiary/aromatic N) is 1. The van der Waals surface area contributed by atoms with E-state index in [2.05, 4.69) is 43.0 Å². The van der Waals surface area contributed by atoms with Gasteiger partial charge in [-0.2, -0.15) is 0 Å². The molecule has 0 heterocycles. The van der Waals surface area contributed by atoms with E-state index in [1.807, 2.05) is 13.0 Å². The van der Waals surface area contributed by atoms with E-state index >= 15 is 0 Å². The molecule has 0 amide bonds. The van der Waals surface area contributed by atoms with Crippen LogP contribution in [0.2, 0.25) is 0 Å². The van der Waals surface area contributed by atoms with E-state index in [9.17, 15) is 0 Å². The zero-order chi connectivity index (χ0) is 16.8. The highest BCUT2D eigenvalue weighted by molar-refractivity contribution is 5.43. The third-order valence-corrected chi connectivity index (χ3v) is 4.21. The van der Waals surface area contributed by atoms with Crippen molar-refractivity contribution in [2.45, 2.75) is 32.4 Å². The van der Waals surface area contributed by atoms with Crippen molar-refractivity contribution in [3.05, 3.63) is 35.9 Å². The summed E-state index contributed by atoms with van der Waals surface area (Å²) < 4.78 is 11.1. The molecule has 0 bridgehead atoms. The van der Waals surface area contributed by atoms with Crippen molar-refractivity contribution in [2.75, 3.05) is 34.4 Å². The van der Waals surface area contributed by atoms with Crippen LogP contribution in [0.25, 0.3) is 0 Å². The van der Waals surface area contributed by atoms with Crippen LogP contribution in [0.4, 0.5) is 0 Å². The van der Waals surface area contributed by atoms with Gasteiger partial charge in [-0.05, 0) is 63.0 Å². The number of rotatable bonds is 10. The number of hydrogen-bond acceptors (Lipinski definition) is 4. The van der Waals surface area contributed by atoms with E-state index in [1.165, 1.54) is 18.4 Å². The Kier molecular flexibility index (Phi) is 6.48. The van der Waals surface area contributed by atoms with Gasteiger partial charge in [-0.3, -0.25) is 0 Å². The molecule has 4 nitrogen and oxygen atoms in total. The van der Waals surface area contributed by atoms with Gasteiger partial charge >= 0.3 is 0 Å². The monoisotopic (exact) mass is 318 g/mol. The Morgan fingerprint density at radius 3 is 2.65 bits per heavy atom. The van der Waals surface area contributed by atoms with Crippen molar-refractivity contribution < 1.29 is 9.47 Å². The quantitative estimate of drug-likeness (QED) is 0.672. The molecule has 0 aliphatic heterocycles. The summed E-state index contributed by atoms with van der Waals surface area (Å²) in [7, 11) is 6.00. The lowest BCUT2D eigenvalue weighted by atomic mass is 10.1. The molecular formula is C19H30N2O2. The highest BCUT2D eigenvalue weighted by atomic mass is 16.5. The second-order valence-electron chi connectivity index (χ2n) is 6.73. The zero-order valence-corrected chi connectivity index (χ0v) is 14.9. The van der Waals surface area contributed by atoms with Crippen LogP contribution in [0.5, 0.6) is 11.5 Å². The molecule has 0 saturated heterocycles. The summed E-state index contributed by atoms with van der Waals surface area (Å²) in [6.45, 7) is 8.20. The Balaban J connectivity index is 1.91. The van der Waals surface area contributed by atoms with Gasteiger partial charge < -0.3 is 19.7 Å². The summed E-state index contributed by atoms with van der Waals surface area (Å²) in [6.07, 6.45) is 2.73. The van der Waals surface area contributed by atoms with Gasteiger partial charge in [-0.1, -0.05) is 12.6 Å². The van der Waals surface area contributed by atoms with Crippen molar-refractivity contribution in [1.29, 1.82) is 0 Å². The molecule has 1 N–H and O–H groups in total. The third-order valence-electron chi connectivity index (χ3n) is 4.21. The van der Waals surface area contributed by atoms with E-state index < -0.39 is 0 Å². The van der Waals surface area contributed by atoms with Crippen LogP contribution in [0.3, 0.4) is 0 Å². The van der Waals surface area contributed by atoms with E-state index in [4.69, 9.17) is 9.47 Å². The first kappa shape index (κ1) is 17.8. The minimum Gasteiger partial charge on any atom is -0.493 e. The lowest BCUT2D eigenvalue weighted by Gasteiger charge is -2.24. The van der Waals surface area contributed by atoms with E-state index in [0.29, 0.717) is 12.6 Å². The molecule has 1 aromatic rings. The molecule has 2 rings (SSSR count). The normalized spacial score (nSPS) is 15.5. The van der Waals surface area contributed by atoms with Crippen LogP contribution in [0.15, 0.2) is 30.4 Å². The first-order chi connectivity index (χ1) is 11.0. The molecule has 1 aliphatic rings. The molecule has 1 atom stereocenters. The van der Waals surface area contributed by atoms with Crippen LogP contribution in [-0.2, 0) is 6.54 Å². The average molecular weight is 318 g/mol. The molecule has 1 unspecified atom stereocenters. The first-order valence-electron chi connectivity index (χ1n) is 8.32. The molecule has 23 heavy (non-hydrogen) atoms. The van der Waals surface area contributed by atoms with Crippen LogP contribution in [0.1, 0.15) is 25.3 Å². The molecule has 1 fully saturated rings. The van der Waals surface area contributed by atoms with E-state index in [0.717, 1.165) is 36.1 Å². The molecule has 1 aliphatic carbocycles. The maximum atomic E-state index is 5.78. The summed E-state index contributed by atoms with van der Waals surface area (Å²) >= 11 is 0. The predicted octanol–water partition coefficient (Wildman–Crippen LogP) is 3.08. The molecule has 128 valence electrons. The number of benzene rings is 1. The second kappa shape index (κ2) is 8.37. The van der Waals surface area contributed by atoms with Gasteiger partial charge in [0.2, 0.25) is 0 Å². The fraction of sp³-hybridized carbons (Fsp3) is 0.579. The minimum absolute atomic E-state index is 0.512. The fourth-order valence-corrected chi connectivity index (χ4v) is 2.76. The largest absolute Gasteiger partial charge is 0.493 e. The topological polar surface area (TPSA) is 33.7 Å². The lowest BCUT2D eigenvalue weighted by Crippen LogP contribution is -2.39. The van der Waals surface area contributed by atoms with Gasteiger partial charge in [-0.15, -0.1) is 0 Å². The third kappa shape index (κ3) is 5.56. The molecule has 0 aromatic heterocycles. The highest BCUT2D eigenvalue weighted by Gasteiger charge is 2.32. The SMILES string of the molecule is C=C(C)COc1cc(CNCC(C2CC2)N(C)C)ccc1OC. The number of nitrogens with one attached hydrogen (secondary N) is 1. The van der Waals surface area contributed by atoms with E-state index in [-0.39, 0.29) is 0 Å². The first-order valence-corrected chi connectivity index (χ1v) is 8.32. The van der Waals surface area contributed by atoms with Crippen molar-refractivity contribution in [3.63, 3.8) is 0 Å². The lowest BCUT2D eigenvalue weighted by molar-refractivity contribution is 0.255. The van der Waals surface area contributed by atoms with Crippen molar-refractivity contribution in [3.8, 4) is 11.5 Å². The van der Waals surface area contributed by atoms with Gasteiger partial charge in [-0.25, -0.2) is 0 Å². The van der Waals surface area contributed by atoms with Crippen LogP contribution >= 0.6 is 0 Å². The maximum absolute atomic E-state index is 5.78. The molecule has 0 spiro atoms. The van der Waals surface area contributed by atoms with Gasteiger partial charge in [0, 0.05) is 19.1 Å². The Labute approximate surface area is 140 Å². The molecule has 1 aromatic carbocycles. The predicted molar refractivity (Wildman–Crippen MR) is 95.2 cm³/mol. The average Bonchev–Trinajstić information content (AvgIpc) is 3.33. The Bertz CT molecular complexity index is 522. The summed E-state index contributed by atoms with van der Waals surface area (Å²) in [6, 6.07) is 6.74. The molecule has 4 heteroatoms. The number of methoxy groups -OCH3 is 1. The summed E-state index contributed by atoms with van der Waals surface area (Å²) in [4.78, 5) is 2.33. The second-order valence-corrected chi connectivity index (χ2v) is 6.73. The highest BCUT2D eigenvalue weighted by Crippen LogP contribution is 2.34. The zero-order valence-electron chi connectivity index (χ0n) is 14.9. The van der Waals surface area contributed by atoms with Crippen LogP contribution in [-0.4, -0.2) is 45.3 Å². The summed E-state index contributed by atoms with van der Waals surface area (Å²) in [5.41, 5.74) is 2.20. The smallest absolute Gasteiger partial charge is 0.161 e. The Morgan fingerprint density at radius 1 is 1.35 bits per heavy atom. The molecule has 1 saturated carbocycles. The van der Waals surface area contributed by atoms with Crippen LogP contribution in [0, 0.1) is 5.92 Å². The standard InChI is InChI=1S/C19H30N2O2/c1-14(2)13-23-19-10-15(6-9-18(19)22-5)11-20-12-17(21(3)4)16-7-8-16/h6,9-10,16-17,20H,1,7-8,11-13H2,2-5H3. The molecular weight excluding hydrogens is 288 g/mol. The van der Waals surface area contributed by atoms with Crippen molar-refractivity contribution in [2.24, 2.45) is 5.92 Å². The minimum atomic E-state index is 0.512. The maximum Gasteiger partial charge on any atom is 0.161 e. The van der Waals surface area contributed by atoms with Crippen molar-refractivity contribution >= 4 is 0 Å². The van der Waals surface area contributed by atoms with Gasteiger partial charge in [0.15, 0.2) is 11.5 Å². The fourth-order valence-electron chi connectivity index (χ4n) is 2.76.